The van der Waals surface area contributed by atoms with E-state index in [1.54, 1.807) is 6.92 Å². The molecule has 1 aliphatic carbocycles. The largest absolute Gasteiger partial charge is 0.388 e. The lowest BCUT2D eigenvalue weighted by atomic mass is 9.58. The van der Waals surface area contributed by atoms with Gasteiger partial charge in [0.15, 0.2) is 0 Å². The Morgan fingerprint density at radius 2 is 1.83 bits per heavy atom. The van der Waals surface area contributed by atoms with Crippen molar-refractivity contribution in [3.8, 4) is 6.07 Å². The Bertz CT molecular complexity index is 338. The van der Waals surface area contributed by atoms with Crippen LogP contribution in [0.15, 0.2) is 0 Å². The van der Waals surface area contributed by atoms with Crippen LogP contribution < -0.4 is 0 Å². The highest BCUT2D eigenvalue weighted by Crippen LogP contribution is 2.50. The normalized spacial score (nSPS) is 32.3. The third kappa shape index (κ3) is 2.75. The predicted octanol–water partition coefficient (Wildman–Crippen LogP) is 3.07. The Kier molecular flexibility index (Phi) is 4.23. The van der Waals surface area contributed by atoms with E-state index in [-0.39, 0.29) is 11.8 Å². The summed E-state index contributed by atoms with van der Waals surface area (Å²) in [5.41, 5.74) is -1.71. The monoisotopic (exact) mass is 251 g/mol. The van der Waals surface area contributed by atoms with Gasteiger partial charge < -0.3 is 9.90 Å². The Labute approximate surface area is 110 Å². The standard InChI is InChI=1S/C15H25NO2/c1-13(2,3)12-5-7-15(11-16,8-6-12)14(4,18)9-10-17/h10,12,18H,5-9H2,1-4H3. The Morgan fingerprint density at radius 1 is 1.33 bits per heavy atom. The van der Waals surface area contributed by atoms with Crippen LogP contribution in [0.1, 0.15) is 59.8 Å². The van der Waals surface area contributed by atoms with Gasteiger partial charge in [0, 0.05) is 6.42 Å². The van der Waals surface area contributed by atoms with E-state index < -0.39 is 11.0 Å². The number of carbonyl (C=O) groups is 1. The SMILES string of the molecule is CC(C)(C)C1CCC(C#N)(C(C)(O)CC=O)CC1. The molecule has 0 saturated heterocycles. The minimum atomic E-state index is -1.20. The van der Waals surface area contributed by atoms with Crippen molar-refractivity contribution in [3.05, 3.63) is 0 Å². The lowest BCUT2D eigenvalue weighted by molar-refractivity contribution is -0.120. The van der Waals surface area contributed by atoms with Crippen molar-refractivity contribution in [1.82, 2.24) is 0 Å². The molecule has 3 nitrogen and oxygen atoms in total. The van der Waals surface area contributed by atoms with Crippen molar-refractivity contribution >= 4 is 6.29 Å². The van der Waals surface area contributed by atoms with Gasteiger partial charge in [-0.2, -0.15) is 5.26 Å². The van der Waals surface area contributed by atoms with E-state index in [1.807, 2.05) is 0 Å². The van der Waals surface area contributed by atoms with Crippen molar-refractivity contribution in [3.63, 3.8) is 0 Å². The van der Waals surface area contributed by atoms with Gasteiger partial charge in [-0.3, -0.25) is 0 Å². The minimum absolute atomic E-state index is 0.0424. The number of nitrogens with zero attached hydrogens (tertiary/aromatic N) is 1. The van der Waals surface area contributed by atoms with Crippen LogP contribution in [0.25, 0.3) is 0 Å². The van der Waals surface area contributed by atoms with E-state index in [0.29, 0.717) is 18.8 Å². The highest BCUT2D eigenvalue weighted by Gasteiger charge is 2.50. The van der Waals surface area contributed by atoms with E-state index in [0.717, 1.165) is 19.1 Å². The molecule has 0 aromatic carbocycles. The Hall–Kier alpha value is -0.880. The van der Waals surface area contributed by atoms with Crippen molar-refractivity contribution in [2.24, 2.45) is 16.7 Å². The van der Waals surface area contributed by atoms with E-state index >= 15 is 0 Å². The maximum atomic E-state index is 10.7. The molecule has 0 bridgehead atoms. The molecule has 0 spiro atoms. The van der Waals surface area contributed by atoms with E-state index in [4.69, 9.17) is 0 Å². The van der Waals surface area contributed by atoms with Gasteiger partial charge in [0.1, 0.15) is 6.29 Å². The van der Waals surface area contributed by atoms with Gasteiger partial charge in [-0.25, -0.2) is 0 Å². The summed E-state index contributed by atoms with van der Waals surface area (Å²) in [6.45, 7) is 8.30. The summed E-state index contributed by atoms with van der Waals surface area (Å²) in [4.78, 5) is 10.7. The van der Waals surface area contributed by atoms with Gasteiger partial charge >= 0.3 is 0 Å². The summed E-state index contributed by atoms with van der Waals surface area (Å²) in [7, 11) is 0. The number of nitriles is 1. The van der Waals surface area contributed by atoms with Gasteiger partial charge in [-0.15, -0.1) is 0 Å². The van der Waals surface area contributed by atoms with Crippen molar-refractivity contribution in [2.75, 3.05) is 0 Å². The first-order valence-electron chi connectivity index (χ1n) is 6.76. The van der Waals surface area contributed by atoms with Gasteiger partial charge in [0.2, 0.25) is 0 Å². The van der Waals surface area contributed by atoms with Crippen LogP contribution in [0.3, 0.4) is 0 Å². The molecular weight excluding hydrogens is 226 g/mol. The number of hydrogen-bond acceptors (Lipinski definition) is 3. The fraction of sp³-hybridized carbons (Fsp3) is 0.867. The van der Waals surface area contributed by atoms with Gasteiger partial charge in [0.05, 0.1) is 17.1 Å². The summed E-state index contributed by atoms with van der Waals surface area (Å²) in [5, 5.41) is 19.9. The van der Waals surface area contributed by atoms with Gasteiger partial charge in [-0.05, 0) is 43.9 Å². The van der Waals surface area contributed by atoms with Crippen molar-refractivity contribution in [2.45, 2.75) is 65.4 Å². The number of aldehydes is 1. The average Bonchev–Trinajstić information content (AvgIpc) is 2.27. The number of aliphatic hydroxyl groups is 1. The summed E-state index contributed by atoms with van der Waals surface area (Å²) < 4.78 is 0. The first-order chi connectivity index (χ1) is 8.18. The van der Waals surface area contributed by atoms with Crippen molar-refractivity contribution < 1.29 is 9.90 Å². The molecule has 0 amide bonds. The first kappa shape index (κ1) is 15.2. The molecule has 1 saturated carbocycles. The molecular formula is C15H25NO2. The van der Waals surface area contributed by atoms with Crippen LogP contribution >= 0.6 is 0 Å². The maximum absolute atomic E-state index is 10.7. The molecule has 3 heteroatoms. The van der Waals surface area contributed by atoms with Crippen LogP contribution in [-0.2, 0) is 4.79 Å². The molecule has 0 aliphatic heterocycles. The molecule has 0 radical (unpaired) electrons. The Morgan fingerprint density at radius 3 is 2.17 bits per heavy atom. The second-order valence-corrected chi connectivity index (χ2v) is 6.98. The summed E-state index contributed by atoms with van der Waals surface area (Å²) in [6.07, 6.45) is 4.03. The maximum Gasteiger partial charge on any atom is 0.122 e. The van der Waals surface area contributed by atoms with Crippen LogP contribution in [-0.4, -0.2) is 17.0 Å². The molecule has 18 heavy (non-hydrogen) atoms. The molecule has 1 N–H and O–H groups in total. The molecule has 0 aromatic heterocycles. The molecule has 1 unspecified atom stereocenters. The summed E-state index contributed by atoms with van der Waals surface area (Å²) in [6, 6.07) is 2.31. The molecule has 1 aliphatic rings. The fourth-order valence-electron chi connectivity index (χ4n) is 3.11. The number of rotatable bonds is 3. The molecule has 0 heterocycles. The third-order valence-electron chi connectivity index (χ3n) is 4.79. The van der Waals surface area contributed by atoms with Crippen molar-refractivity contribution in [1.29, 1.82) is 5.26 Å². The smallest absolute Gasteiger partial charge is 0.122 e. The zero-order valence-electron chi connectivity index (χ0n) is 12.0. The van der Waals surface area contributed by atoms with Crippen LogP contribution in [0.2, 0.25) is 0 Å². The second-order valence-electron chi connectivity index (χ2n) is 6.98. The molecule has 1 fully saturated rings. The predicted molar refractivity (Wildman–Crippen MR) is 70.8 cm³/mol. The number of carbonyl (C=O) groups excluding carboxylic acids is 1. The highest BCUT2D eigenvalue weighted by molar-refractivity contribution is 5.52. The second kappa shape index (κ2) is 5.01. The highest BCUT2D eigenvalue weighted by atomic mass is 16.3. The minimum Gasteiger partial charge on any atom is -0.388 e. The Balaban J connectivity index is 2.85. The molecule has 0 aromatic rings. The van der Waals surface area contributed by atoms with Gasteiger partial charge in [0.25, 0.3) is 0 Å². The van der Waals surface area contributed by atoms with Crippen LogP contribution in [0.5, 0.6) is 0 Å². The number of hydrogen-bond donors (Lipinski definition) is 1. The first-order valence-corrected chi connectivity index (χ1v) is 6.76. The van der Waals surface area contributed by atoms with E-state index in [9.17, 15) is 15.2 Å². The van der Waals surface area contributed by atoms with Crippen LogP contribution in [0, 0.1) is 28.1 Å². The lowest BCUT2D eigenvalue weighted by Gasteiger charge is -2.46. The summed E-state index contributed by atoms with van der Waals surface area (Å²) >= 11 is 0. The topological polar surface area (TPSA) is 61.1 Å². The van der Waals surface area contributed by atoms with Crippen LogP contribution in [0.4, 0.5) is 0 Å². The third-order valence-corrected chi connectivity index (χ3v) is 4.79. The lowest BCUT2D eigenvalue weighted by Crippen LogP contribution is -2.48. The quantitative estimate of drug-likeness (QED) is 0.784. The fourth-order valence-corrected chi connectivity index (χ4v) is 3.11. The molecule has 1 rings (SSSR count). The summed E-state index contributed by atoms with van der Waals surface area (Å²) in [5.74, 6) is 0.589. The van der Waals surface area contributed by atoms with Gasteiger partial charge in [-0.1, -0.05) is 20.8 Å². The van der Waals surface area contributed by atoms with E-state index in [2.05, 4.69) is 26.8 Å². The zero-order chi connectivity index (χ0) is 14.0. The van der Waals surface area contributed by atoms with E-state index in [1.165, 1.54) is 0 Å². The molecule has 102 valence electrons. The molecule has 1 atom stereocenters. The zero-order valence-corrected chi connectivity index (χ0v) is 12.0. The average molecular weight is 251 g/mol.